The van der Waals surface area contributed by atoms with E-state index >= 15 is 0 Å². The molecule has 1 unspecified atom stereocenters. The molecule has 1 saturated heterocycles. The highest BCUT2D eigenvalue weighted by Gasteiger charge is 2.68. The molecule has 8 rings (SSSR count). The average molecular weight is 655 g/mol. The van der Waals surface area contributed by atoms with Crippen molar-refractivity contribution < 1.29 is 28.1 Å². The van der Waals surface area contributed by atoms with Gasteiger partial charge in [-0.25, -0.2) is 4.39 Å². The number of carbonyl (C=O) groups excluding carboxylic acids is 2. The van der Waals surface area contributed by atoms with Crippen molar-refractivity contribution in [3.8, 4) is 0 Å². The Hall–Kier alpha value is -3.83. The normalized spacial score (nSPS) is 29.1. The molecule has 48 heavy (non-hydrogen) atoms. The van der Waals surface area contributed by atoms with Crippen molar-refractivity contribution in [2.45, 2.75) is 90.0 Å². The molecule has 11 heteroatoms. The van der Waals surface area contributed by atoms with Gasteiger partial charge >= 0.3 is 7.12 Å². The van der Waals surface area contributed by atoms with Crippen molar-refractivity contribution in [3.63, 3.8) is 0 Å². The zero-order chi connectivity index (χ0) is 33.8. The Kier molecular flexibility index (Phi) is 8.35. The number of oxime groups is 1. The SMILES string of the molecule is CC(C)C[C@H](NC(=O)C1(Cc2cccc(F)c2)CC(CNC(=O)c2nccc3ccccc23)=NO1)B1O[C@@H]2C[C@@H]3C[C@@H](C3(C)C)[C@]2(C)O1. The quantitative estimate of drug-likeness (QED) is 0.273. The molecule has 0 spiro atoms. The number of halogens is 1. The van der Waals surface area contributed by atoms with Crippen molar-refractivity contribution in [1.29, 1.82) is 0 Å². The standard InChI is InChI=1S/C37H44BFN4O5/c1-22(2)15-31(38-46-30-18-25-17-29(35(25,3)4)36(30,5)47-38)42-34(45)37(19-23-9-8-11-26(39)16-23)20-27(43-48-37)21-41-33(44)32-28-12-7-6-10-24(28)13-14-40-32/h6-14,16,22,25,29-31H,15,17-21H2,1-5H3,(H,41,44)(H,42,45)/t25-,29-,30+,31-,36-,37?/m0/s1. The number of amides is 2. The van der Waals surface area contributed by atoms with Crippen LogP contribution in [-0.2, 0) is 25.4 Å². The minimum atomic E-state index is -1.46. The topological polar surface area (TPSA) is 111 Å². The van der Waals surface area contributed by atoms with Crippen LogP contribution in [0.2, 0.25) is 0 Å². The maximum atomic E-state index is 14.4. The van der Waals surface area contributed by atoms with E-state index in [-0.39, 0.29) is 48.6 Å². The van der Waals surface area contributed by atoms with Crippen LogP contribution in [0.15, 0.2) is 65.9 Å². The lowest BCUT2D eigenvalue weighted by molar-refractivity contribution is -0.199. The molecule has 252 valence electrons. The Morgan fingerprint density at radius 2 is 1.90 bits per heavy atom. The van der Waals surface area contributed by atoms with Crippen LogP contribution in [0.25, 0.3) is 10.8 Å². The predicted octanol–water partition coefficient (Wildman–Crippen LogP) is 5.66. The molecule has 9 nitrogen and oxygen atoms in total. The van der Waals surface area contributed by atoms with Gasteiger partial charge in [0, 0.05) is 24.4 Å². The number of nitrogens with zero attached hydrogens (tertiary/aromatic N) is 2. The molecule has 2 aromatic carbocycles. The van der Waals surface area contributed by atoms with Crippen molar-refractivity contribution >= 4 is 35.4 Å². The van der Waals surface area contributed by atoms with Gasteiger partial charge in [-0.2, -0.15) is 0 Å². The van der Waals surface area contributed by atoms with Gasteiger partial charge in [-0.3, -0.25) is 14.6 Å². The molecule has 3 heterocycles. The van der Waals surface area contributed by atoms with E-state index in [0.717, 1.165) is 23.6 Å². The van der Waals surface area contributed by atoms with Crippen LogP contribution in [0.3, 0.4) is 0 Å². The largest absolute Gasteiger partial charge is 0.481 e. The molecule has 2 amide bonds. The first-order valence-corrected chi connectivity index (χ1v) is 17.1. The van der Waals surface area contributed by atoms with E-state index in [2.05, 4.69) is 55.4 Å². The molecule has 0 radical (unpaired) electrons. The number of hydrogen-bond acceptors (Lipinski definition) is 7. The van der Waals surface area contributed by atoms with Crippen LogP contribution in [0.5, 0.6) is 0 Å². The minimum Gasteiger partial charge on any atom is -0.404 e. The summed E-state index contributed by atoms with van der Waals surface area (Å²) in [5.41, 5.74) is -0.289. The summed E-state index contributed by atoms with van der Waals surface area (Å²) in [7, 11) is -0.609. The van der Waals surface area contributed by atoms with E-state index in [1.807, 2.05) is 30.3 Å². The van der Waals surface area contributed by atoms with E-state index in [1.54, 1.807) is 18.3 Å². The fourth-order valence-electron chi connectivity index (χ4n) is 8.60. The fourth-order valence-corrected chi connectivity index (χ4v) is 8.60. The number of rotatable bonds is 10. The highest BCUT2D eigenvalue weighted by molar-refractivity contribution is 6.48. The summed E-state index contributed by atoms with van der Waals surface area (Å²) in [6.45, 7) is 11.1. The third-order valence-corrected chi connectivity index (χ3v) is 11.3. The van der Waals surface area contributed by atoms with Gasteiger partial charge in [-0.05, 0) is 78.5 Å². The van der Waals surface area contributed by atoms with Gasteiger partial charge in [-0.1, -0.05) is 69.2 Å². The van der Waals surface area contributed by atoms with E-state index < -0.39 is 30.1 Å². The molecule has 5 aliphatic rings. The number of aromatic nitrogens is 1. The number of fused-ring (bicyclic) bond motifs is 1. The predicted molar refractivity (Wildman–Crippen MR) is 182 cm³/mol. The van der Waals surface area contributed by atoms with E-state index in [4.69, 9.17) is 14.1 Å². The van der Waals surface area contributed by atoms with Crippen LogP contribution in [0, 0.1) is 29.0 Å². The van der Waals surface area contributed by atoms with E-state index in [0.29, 0.717) is 35.2 Å². The molecular weight excluding hydrogens is 610 g/mol. The van der Waals surface area contributed by atoms with Crippen LogP contribution >= 0.6 is 0 Å². The highest BCUT2D eigenvalue weighted by atomic mass is 19.1. The Balaban J connectivity index is 1.09. The van der Waals surface area contributed by atoms with E-state index in [1.165, 1.54) is 12.1 Å². The molecular formula is C37H44BFN4O5. The first kappa shape index (κ1) is 32.7. The molecule has 1 aromatic heterocycles. The Labute approximate surface area is 281 Å². The highest BCUT2D eigenvalue weighted by Crippen LogP contribution is 2.65. The van der Waals surface area contributed by atoms with Crippen LogP contribution in [0.1, 0.15) is 76.4 Å². The molecule has 3 aliphatic carbocycles. The Bertz CT molecular complexity index is 1760. The molecule has 3 aromatic rings. The number of carbonyl (C=O) groups is 2. The molecule has 2 N–H and O–H groups in total. The van der Waals surface area contributed by atoms with Gasteiger partial charge in [0.1, 0.15) is 11.5 Å². The summed E-state index contributed by atoms with van der Waals surface area (Å²) in [6, 6.07) is 15.5. The summed E-state index contributed by atoms with van der Waals surface area (Å²) in [5.74, 6) is -0.331. The molecule has 3 saturated carbocycles. The summed E-state index contributed by atoms with van der Waals surface area (Å²) in [6.07, 6.45) is 4.49. The number of benzene rings is 2. The molecule has 2 aliphatic heterocycles. The van der Waals surface area contributed by atoms with Crippen LogP contribution in [0.4, 0.5) is 4.39 Å². The number of nitrogens with one attached hydrogen (secondary N) is 2. The maximum absolute atomic E-state index is 14.4. The zero-order valence-electron chi connectivity index (χ0n) is 28.3. The van der Waals surface area contributed by atoms with Gasteiger partial charge in [0.15, 0.2) is 0 Å². The summed E-state index contributed by atoms with van der Waals surface area (Å²) in [5, 5.41) is 12.1. The third-order valence-electron chi connectivity index (χ3n) is 11.3. The van der Waals surface area contributed by atoms with Crippen molar-refractivity contribution in [2.24, 2.45) is 28.3 Å². The summed E-state index contributed by atoms with van der Waals surface area (Å²) >= 11 is 0. The number of pyridine rings is 1. The van der Waals surface area contributed by atoms with Gasteiger partial charge in [0.25, 0.3) is 11.8 Å². The lowest BCUT2D eigenvalue weighted by Crippen LogP contribution is -2.65. The second-order valence-electron chi connectivity index (χ2n) is 15.3. The third kappa shape index (κ3) is 5.79. The first-order valence-electron chi connectivity index (χ1n) is 17.1. The first-order chi connectivity index (χ1) is 22.9. The van der Waals surface area contributed by atoms with Crippen molar-refractivity contribution in [3.05, 3.63) is 77.9 Å². The van der Waals surface area contributed by atoms with Gasteiger partial charge in [0.2, 0.25) is 5.60 Å². The van der Waals surface area contributed by atoms with Crippen LogP contribution < -0.4 is 10.6 Å². The summed E-state index contributed by atoms with van der Waals surface area (Å²) in [4.78, 5) is 37.9. The monoisotopic (exact) mass is 654 g/mol. The maximum Gasteiger partial charge on any atom is 0.481 e. The average Bonchev–Trinajstić information content (AvgIpc) is 3.64. The second kappa shape index (κ2) is 12.3. The lowest BCUT2D eigenvalue weighted by atomic mass is 9.43. The van der Waals surface area contributed by atoms with Gasteiger partial charge < -0.3 is 24.8 Å². The lowest BCUT2D eigenvalue weighted by Gasteiger charge is -2.64. The smallest absolute Gasteiger partial charge is 0.404 e. The fraction of sp³-hybridized carbons (Fsp3) is 0.514. The Morgan fingerprint density at radius 3 is 2.67 bits per heavy atom. The Morgan fingerprint density at radius 1 is 1.08 bits per heavy atom. The molecule has 4 fully saturated rings. The van der Waals surface area contributed by atoms with E-state index in [9.17, 15) is 14.0 Å². The van der Waals surface area contributed by atoms with Crippen LogP contribution in [-0.4, -0.2) is 59.4 Å². The van der Waals surface area contributed by atoms with Gasteiger partial charge in [-0.15, -0.1) is 0 Å². The molecule has 6 atom stereocenters. The second-order valence-corrected chi connectivity index (χ2v) is 15.3. The zero-order valence-corrected chi connectivity index (χ0v) is 28.3. The summed E-state index contributed by atoms with van der Waals surface area (Å²) < 4.78 is 27.7. The molecule has 2 bridgehead atoms. The van der Waals surface area contributed by atoms with Gasteiger partial charge in [0.05, 0.1) is 29.9 Å². The number of hydrogen-bond donors (Lipinski definition) is 2. The van der Waals surface area contributed by atoms with Crippen molar-refractivity contribution in [1.82, 2.24) is 15.6 Å². The van der Waals surface area contributed by atoms with Crippen molar-refractivity contribution in [2.75, 3.05) is 6.54 Å². The minimum absolute atomic E-state index is 0.0235.